The number of furan rings is 1. The number of para-hydroxylation sites is 2. The van der Waals surface area contributed by atoms with E-state index in [0.717, 1.165) is 53.1 Å². The number of amides is 1. The maximum absolute atomic E-state index is 13.1. The lowest BCUT2D eigenvalue weighted by molar-refractivity contribution is 0.0668. The van der Waals surface area contributed by atoms with Gasteiger partial charge in [0.05, 0.1) is 11.0 Å². The van der Waals surface area contributed by atoms with Crippen molar-refractivity contribution in [3.8, 4) is 5.75 Å². The first kappa shape index (κ1) is 20.4. The molecule has 6 heteroatoms. The average molecular weight is 430 g/mol. The number of nitrogens with zero attached hydrogens (tertiary/aromatic N) is 2. The molecule has 2 aromatic carbocycles. The number of rotatable bonds is 5. The first-order chi connectivity index (χ1) is 15.6. The van der Waals surface area contributed by atoms with E-state index < -0.39 is 0 Å². The van der Waals surface area contributed by atoms with Crippen LogP contribution in [0.2, 0.25) is 0 Å². The number of fused-ring (bicyclic) bond motifs is 1. The van der Waals surface area contributed by atoms with Crippen molar-refractivity contribution >= 4 is 16.9 Å². The van der Waals surface area contributed by atoms with E-state index >= 15 is 0 Å². The van der Waals surface area contributed by atoms with E-state index in [1.165, 1.54) is 0 Å². The summed E-state index contributed by atoms with van der Waals surface area (Å²) >= 11 is 0. The quantitative estimate of drug-likeness (QED) is 0.463. The Hall–Kier alpha value is -3.54. The van der Waals surface area contributed by atoms with Crippen LogP contribution in [0.5, 0.6) is 5.75 Å². The van der Waals surface area contributed by atoms with Gasteiger partial charge in [0.2, 0.25) is 0 Å². The Labute approximate surface area is 187 Å². The van der Waals surface area contributed by atoms with Crippen LogP contribution in [0.4, 0.5) is 0 Å². The first-order valence-electron chi connectivity index (χ1n) is 11.1. The highest BCUT2D eigenvalue weighted by molar-refractivity contribution is 5.91. The van der Waals surface area contributed by atoms with Gasteiger partial charge in [-0.3, -0.25) is 4.79 Å². The molecule has 0 radical (unpaired) electrons. The minimum absolute atomic E-state index is 0.0798. The van der Waals surface area contributed by atoms with Crippen molar-refractivity contribution in [1.82, 2.24) is 14.9 Å². The van der Waals surface area contributed by atoms with Crippen LogP contribution in [-0.2, 0) is 6.61 Å². The summed E-state index contributed by atoms with van der Waals surface area (Å²) in [4.78, 5) is 23.1. The molecule has 0 saturated carbocycles. The molecule has 1 unspecified atom stereocenters. The van der Waals surface area contributed by atoms with Crippen molar-refractivity contribution < 1.29 is 13.9 Å². The van der Waals surface area contributed by atoms with Gasteiger partial charge < -0.3 is 19.0 Å². The molecule has 5 rings (SSSR count). The van der Waals surface area contributed by atoms with Crippen molar-refractivity contribution in [2.75, 3.05) is 13.1 Å². The molecule has 1 N–H and O–H groups in total. The summed E-state index contributed by atoms with van der Waals surface area (Å²) in [5.74, 6) is 2.89. The smallest absolute Gasteiger partial charge is 0.289 e. The van der Waals surface area contributed by atoms with E-state index in [1.54, 1.807) is 6.07 Å². The Bertz CT molecular complexity index is 1220. The van der Waals surface area contributed by atoms with E-state index in [4.69, 9.17) is 14.1 Å². The second kappa shape index (κ2) is 8.54. The number of benzene rings is 2. The third kappa shape index (κ3) is 4.13. The molecule has 6 nitrogen and oxygen atoms in total. The van der Waals surface area contributed by atoms with Gasteiger partial charge in [0, 0.05) is 19.0 Å². The predicted octanol–water partition coefficient (Wildman–Crippen LogP) is 5.37. The minimum atomic E-state index is -0.0798. The van der Waals surface area contributed by atoms with E-state index in [1.807, 2.05) is 61.2 Å². The summed E-state index contributed by atoms with van der Waals surface area (Å²) in [5, 5.41) is 0. The van der Waals surface area contributed by atoms with Crippen LogP contribution in [0.25, 0.3) is 11.0 Å². The van der Waals surface area contributed by atoms with E-state index in [-0.39, 0.29) is 11.8 Å². The fourth-order valence-electron chi connectivity index (χ4n) is 4.29. The van der Waals surface area contributed by atoms with Crippen LogP contribution in [0, 0.1) is 13.8 Å². The van der Waals surface area contributed by atoms with Crippen LogP contribution in [0.3, 0.4) is 0 Å². The number of aromatic nitrogens is 2. The highest BCUT2D eigenvalue weighted by atomic mass is 16.5. The average Bonchev–Trinajstić information content (AvgIpc) is 3.46. The third-order valence-electron chi connectivity index (χ3n) is 6.09. The van der Waals surface area contributed by atoms with Gasteiger partial charge in [-0.25, -0.2) is 4.98 Å². The van der Waals surface area contributed by atoms with Gasteiger partial charge in [-0.05, 0) is 68.1 Å². The van der Waals surface area contributed by atoms with Gasteiger partial charge >= 0.3 is 0 Å². The zero-order valence-electron chi connectivity index (χ0n) is 18.4. The largest absolute Gasteiger partial charge is 0.485 e. The summed E-state index contributed by atoms with van der Waals surface area (Å²) < 4.78 is 11.8. The van der Waals surface area contributed by atoms with Gasteiger partial charge in [0.25, 0.3) is 5.91 Å². The van der Waals surface area contributed by atoms with Crippen LogP contribution in [-0.4, -0.2) is 33.9 Å². The van der Waals surface area contributed by atoms with E-state index in [0.29, 0.717) is 24.7 Å². The lowest BCUT2D eigenvalue weighted by atomic mass is 9.97. The Kier molecular flexibility index (Phi) is 5.43. The fraction of sp³-hybridized carbons (Fsp3) is 0.308. The SMILES string of the molecule is Cc1ccc(C)c(OCc2ccc(C(=O)N3CCCC(c4nc5ccccc5[nH]4)C3)o2)c1. The number of hydrogen-bond donors (Lipinski definition) is 1. The number of piperidine rings is 1. The van der Waals surface area contributed by atoms with Crippen molar-refractivity contribution in [2.45, 2.75) is 39.2 Å². The molecule has 1 aliphatic heterocycles. The molecule has 164 valence electrons. The Balaban J connectivity index is 1.25. The highest BCUT2D eigenvalue weighted by Gasteiger charge is 2.28. The lowest BCUT2D eigenvalue weighted by Gasteiger charge is -2.31. The number of aryl methyl sites for hydroxylation is 2. The molecule has 1 saturated heterocycles. The monoisotopic (exact) mass is 429 g/mol. The van der Waals surface area contributed by atoms with Crippen molar-refractivity contribution in [2.24, 2.45) is 0 Å². The molecule has 32 heavy (non-hydrogen) atoms. The number of aromatic amines is 1. The predicted molar refractivity (Wildman–Crippen MR) is 123 cm³/mol. The van der Waals surface area contributed by atoms with Crippen molar-refractivity contribution in [1.29, 1.82) is 0 Å². The maximum Gasteiger partial charge on any atom is 0.289 e. The third-order valence-corrected chi connectivity index (χ3v) is 6.09. The Morgan fingerprint density at radius 2 is 2.06 bits per heavy atom. The van der Waals surface area contributed by atoms with Gasteiger partial charge in [0.15, 0.2) is 5.76 Å². The van der Waals surface area contributed by atoms with Gasteiger partial charge in [-0.2, -0.15) is 0 Å². The van der Waals surface area contributed by atoms with Gasteiger partial charge in [0.1, 0.15) is 23.9 Å². The number of carbonyl (C=O) groups is 1. The second-order valence-corrected chi connectivity index (χ2v) is 8.55. The molecule has 4 aromatic rings. The number of H-pyrrole nitrogens is 1. The van der Waals surface area contributed by atoms with Crippen LogP contribution < -0.4 is 4.74 Å². The molecule has 1 amide bonds. The van der Waals surface area contributed by atoms with Crippen LogP contribution in [0.15, 0.2) is 59.0 Å². The van der Waals surface area contributed by atoms with E-state index in [9.17, 15) is 4.79 Å². The zero-order chi connectivity index (χ0) is 22.1. The van der Waals surface area contributed by atoms with Gasteiger partial charge in [-0.1, -0.05) is 24.3 Å². The minimum Gasteiger partial charge on any atom is -0.485 e. The lowest BCUT2D eigenvalue weighted by Crippen LogP contribution is -2.39. The number of hydrogen-bond acceptors (Lipinski definition) is 4. The zero-order valence-corrected chi connectivity index (χ0v) is 18.4. The van der Waals surface area contributed by atoms with E-state index in [2.05, 4.69) is 11.1 Å². The number of imidazole rings is 1. The van der Waals surface area contributed by atoms with Crippen LogP contribution >= 0.6 is 0 Å². The molecule has 1 atom stereocenters. The number of likely N-dealkylation sites (tertiary alicyclic amines) is 1. The standard InChI is InChI=1S/C26H27N3O3/c1-17-9-10-18(2)24(14-17)31-16-20-11-12-23(32-20)26(30)29-13-5-6-19(15-29)25-27-21-7-3-4-8-22(21)28-25/h3-4,7-12,14,19H,5-6,13,15-16H2,1-2H3,(H,27,28). The highest BCUT2D eigenvalue weighted by Crippen LogP contribution is 2.28. The summed E-state index contributed by atoms with van der Waals surface area (Å²) in [6.45, 7) is 5.70. The summed E-state index contributed by atoms with van der Waals surface area (Å²) in [7, 11) is 0. The van der Waals surface area contributed by atoms with Crippen molar-refractivity contribution in [3.63, 3.8) is 0 Å². The molecule has 1 fully saturated rings. The number of carbonyl (C=O) groups excluding carboxylic acids is 1. The molecule has 0 spiro atoms. The summed E-state index contributed by atoms with van der Waals surface area (Å²) in [6, 6.07) is 17.7. The normalized spacial score (nSPS) is 16.4. The Morgan fingerprint density at radius 3 is 2.94 bits per heavy atom. The molecular formula is C26H27N3O3. The second-order valence-electron chi connectivity index (χ2n) is 8.55. The molecule has 0 aliphatic carbocycles. The summed E-state index contributed by atoms with van der Waals surface area (Å²) in [6.07, 6.45) is 1.95. The summed E-state index contributed by atoms with van der Waals surface area (Å²) in [5.41, 5.74) is 4.21. The maximum atomic E-state index is 13.1. The number of nitrogens with one attached hydrogen (secondary N) is 1. The topological polar surface area (TPSA) is 71.4 Å². The Morgan fingerprint density at radius 1 is 1.19 bits per heavy atom. The molecule has 1 aliphatic rings. The molecule has 0 bridgehead atoms. The van der Waals surface area contributed by atoms with Crippen LogP contribution in [0.1, 0.15) is 52.0 Å². The first-order valence-corrected chi connectivity index (χ1v) is 11.1. The fourth-order valence-corrected chi connectivity index (χ4v) is 4.29. The van der Waals surface area contributed by atoms with Crippen molar-refractivity contribution in [3.05, 3.63) is 83.1 Å². The molecule has 2 aromatic heterocycles. The molecular weight excluding hydrogens is 402 g/mol. The number of ether oxygens (including phenoxy) is 1. The molecule has 3 heterocycles. The van der Waals surface area contributed by atoms with Gasteiger partial charge in [-0.15, -0.1) is 0 Å².